The summed E-state index contributed by atoms with van der Waals surface area (Å²) in [4.78, 5) is 2.84. The van der Waals surface area contributed by atoms with Gasteiger partial charge in [-0.3, -0.25) is 4.90 Å². The Morgan fingerprint density at radius 1 is 0.944 bits per heavy atom. The smallest absolute Gasteiger partial charge is 0.243 e. The maximum atomic E-state index is 13.4. The van der Waals surface area contributed by atoms with Gasteiger partial charge in [0.2, 0.25) is 10.0 Å². The summed E-state index contributed by atoms with van der Waals surface area (Å²) in [5, 5.41) is 0. The van der Waals surface area contributed by atoms with Gasteiger partial charge in [0.1, 0.15) is 5.75 Å². The van der Waals surface area contributed by atoms with Crippen LogP contribution < -0.4 is 4.74 Å². The van der Waals surface area contributed by atoms with Crippen LogP contribution in [0.4, 0.5) is 0 Å². The lowest BCUT2D eigenvalue weighted by Gasteiger charge is -2.31. The van der Waals surface area contributed by atoms with Crippen molar-refractivity contribution in [2.75, 3.05) is 40.0 Å². The monoisotopic (exact) mass is 509 g/mol. The van der Waals surface area contributed by atoms with Crippen molar-refractivity contribution < 1.29 is 17.9 Å². The molecule has 0 N–H and O–H groups in total. The van der Waals surface area contributed by atoms with Gasteiger partial charge >= 0.3 is 0 Å². The molecule has 2 saturated heterocycles. The molecule has 0 unspecified atom stereocenters. The zero-order valence-electron chi connectivity index (χ0n) is 20.9. The number of nitrogens with zero attached hydrogens (tertiary/aromatic N) is 3. The molecule has 2 aliphatic heterocycles. The molecule has 2 fully saturated rings. The maximum Gasteiger partial charge on any atom is 0.243 e. The highest BCUT2D eigenvalue weighted by molar-refractivity contribution is 7.89. The normalized spacial score (nSPS) is 20.2. The number of benzene rings is 2. The molecule has 36 heavy (non-hydrogen) atoms. The second-order valence-electron chi connectivity index (χ2n) is 9.47. The van der Waals surface area contributed by atoms with Crippen LogP contribution in [0.5, 0.6) is 5.75 Å². The summed E-state index contributed by atoms with van der Waals surface area (Å²) < 4.78 is 41.3. The van der Waals surface area contributed by atoms with E-state index in [1.54, 1.807) is 25.3 Å². The quantitative estimate of drug-likeness (QED) is 0.465. The van der Waals surface area contributed by atoms with Gasteiger partial charge in [0, 0.05) is 37.6 Å². The number of morpholine rings is 1. The molecule has 0 spiro atoms. The molecule has 192 valence electrons. The Balaban J connectivity index is 1.47. The molecule has 1 aromatic heterocycles. The van der Waals surface area contributed by atoms with Crippen LogP contribution in [0.2, 0.25) is 0 Å². The van der Waals surface area contributed by atoms with E-state index in [1.807, 2.05) is 12.3 Å². The van der Waals surface area contributed by atoms with Gasteiger partial charge in [0.05, 0.1) is 30.9 Å². The van der Waals surface area contributed by atoms with Gasteiger partial charge in [-0.1, -0.05) is 43.2 Å². The number of hydrogen-bond donors (Lipinski definition) is 0. The lowest BCUT2D eigenvalue weighted by atomic mass is 10.0. The first-order valence-electron chi connectivity index (χ1n) is 12.8. The molecule has 5 rings (SSSR count). The fourth-order valence-electron chi connectivity index (χ4n) is 5.35. The summed E-state index contributed by atoms with van der Waals surface area (Å²) in [7, 11) is -1.99. The average Bonchev–Trinajstić information content (AvgIpc) is 3.26. The Hall–Kier alpha value is -2.65. The Morgan fingerprint density at radius 2 is 1.75 bits per heavy atom. The molecule has 3 aromatic rings. The Labute approximate surface area is 214 Å². The van der Waals surface area contributed by atoms with Crippen molar-refractivity contribution in [2.45, 2.75) is 43.2 Å². The number of rotatable bonds is 7. The van der Waals surface area contributed by atoms with E-state index >= 15 is 0 Å². The fraction of sp³-hybridized carbons (Fsp3) is 0.429. The summed E-state index contributed by atoms with van der Waals surface area (Å²) in [6, 6.07) is 20.4. The average molecular weight is 510 g/mol. The zero-order chi connectivity index (χ0) is 25.0. The minimum Gasteiger partial charge on any atom is -0.495 e. The molecular weight excluding hydrogens is 474 g/mol. The maximum absolute atomic E-state index is 13.4. The van der Waals surface area contributed by atoms with Gasteiger partial charge in [0.15, 0.2) is 0 Å². The largest absolute Gasteiger partial charge is 0.495 e. The van der Waals surface area contributed by atoms with E-state index in [1.165, 1.54) is 29.1 Å². The van der Waals surface area contributed by atoms with E-state index in [4.69, 9.17) is 9.47 Å². The van der Waals surface area contributed by atoms with E-state index < -0.39 is 10.0 Å². The van der Waals surface area contributed by atoms with Crippen LogP contribution >= 0.6 is 0 Å². The summed E-state index contributed by atoms with van der Waals surface area (Å²) >= 11 is 0. The fourth-order valence-corrected chi connectivity index (χ4v) is 6.78. The van der Waals surface area contributed by atoms with Gasteiger partial charge in [-0.2, -0.15) is 4.31 Å². The molecule has 3 heterocycles. The topological polar surface area (TPSA) is 64.0 Å². The molecule has 2 aliphatic rings. The van der Waals surface area contributed by atoms with Gasteiger partial charge < -0.3 is 14.0 Å². The third-order valence-electron chi connectivity index (χ3n) is 7.26. The number of sulfonamides is 1. The number of methoxy groups -OCH3 is 1. The molecule has 7 nitrogen and oxygen atoms in total. The van der Waals surface area contributed by atoms with Crippen LogP contribution in [0.15, 0.2) is 71.8 Å². The van der Waals surface area contributed by atoms with Crippen LogP contribution in [0.1, 0.15) is 43.0 Å². The number of aromatic nitrogens is 1. The van der Waals surface area contributed by atoms with Crippen molar-refractivity contribution in [1.82, 2.24) is 13.8 Å². The highest BCUT2D eigenvalue weighted by Crippen LogP contribution is 2.33. The minimum atomic E-state index is -3.62. The lowest BCUT2D eigenvalue weighted by Crippen LogP contribution is -2.40. The summed E-state index contributed by atoms with van der Waals surface area (Å²) in [5.41, 5.74) is 3.20. The highest BCUT2D eigenvalue weighted by atomic mass is 32.2. The van der Waals surface area contributed by atoms with Crippen LogP contribution in [0.3, 0.4) is 0 Å². The molecular formula is C28H35N3O4S. The molecule has 0 bridgehead atoms. The highest BCUT2D eigenvalue weighted by Gasteiger charge is 2.28. The molecule has 8 heteroatoms. The van der Waals surface area contributed by atoms with Crippen molar-refractivity contribution >= 4 is 10.0 Å². The number of likely N-dealkylation sites (tertiary alicyclic amines) is 1. The predicted molar refractivity (Wildman–Crippen MR) is 140 cm³/mol. The van der Waals surface area contributed by atoms with E-state index in [0.717, 1.165) is 30.9 Å². The Morgan fingerprint density at radius 3 is 2.53 bits per heavy atom. The SMILES string of the molecule is COc1ccc(S(=O)(=O)N2CCOCC2)cc1-n1cccc1CN1CCCCC[C@H]1c1ccccc1. The molecule has 0 aliphatic carbocycles. The molecule has 1 atom stereocenters. The first-order valence-corrected chi connectivity index (χ1v) is 14.2. The third kappa shape index (κ3) is 5.22. The first kappa shape index (κ1) is 25.0. The van der Waals surface area contributed by atoms with Crippen molar-refractivity contribution in [1.29, 1.82) is 0 Å². The first-order chi connectivity index (χ1) is 17.6. The van der Waals surface area contributed by atoms with Gasteiger partial charge in [-0.25, -0.2) is 8.42 Å². The van der Waals surface area contributed by atoms with Crippen molar-refractivity contribution in [3.05, 3.63) is 78.1 Å². The third-order valence-corrected chi connectivity index (χ3v) is 9.16. The summed E-state index contributed by atoms with van der Waals surface area (Å²) in [6.45, 7) is 3.39. The van der Waals surface area contributed by atoms with Crippen molar-refractivity contribution in [2.24, 2.45) is 0 Å². The molecule has 2 aromatic carbocycles. The van der Waals surface area contributed by atoms with Crippen molar-refractivity contribution in [3.63, 3.8) is 0 Å². The van der Waals surface area contributed by atoms with E-state index in [9.17, 15) is 8.42 Å². The second kappa shape index (κ2) is 11.2. The Kier molecular flexibility index (Phi) is 7.76. The van der Waals surface area contributed by atoms with Crippen LogP contribution in [0, 0.1) is 0 Å². The van der Waals surface area contributed by atoms with Gasteiger partial charge in [0.25, 0.3) is 0 Å². The summed E-state index contributed by atoms with van der Waals surface area (Å²) in [5.74, 6) is 0.642. The zero-order valence-corrected chi connectivity index (χ0v) is 21.7. The van der Waals surface area contributed by atoms with E-state index in [0.29, 0.717) is 38.1 Å². The predicted octanol–water partition coefficient (Wildman–Crippen LogP) is 4.62. The summed E-state index contributed by atoms with van der Waals surface area (Å²) in [6.07, 6.45) is 6.79. The Bertz CT molecular complexity index is 1250. The van der Waals surface area contributed by atoms with Crippen molar-refractivity contribution in [3.8, 4) is 11.4 Å². The van der Waals surface area contributed by atoms with Crippen LogP contribution in [-0.2, 0) is 21.3 Å². The standard InChI is InChI=1S/C28H35N3O4S/c1-34-28-14-13-25(36(32,33)30-17-19-35-20-18-30)21-27(28)31-16-8-11-24(31)22-29-15-7-3-6-12-26(29)23-9-4-2-5-10-23/h2,4-5,8-11,13-14,16,21,26H,3,6-7,12,15,17-20,22H2,1H3/t26-/m0/s1. The minimum absolute atomic E-state index is 0.275. The second-order valence-corrected chi connectivity index (χ2v) is 11.4. The molecule has 0 saturated carbocycles. The number of ether oxygens (including phenoxy) is 2. The van der Waals surface area contributed by atoms with Crippen LogP contribution in [0.25, 0.3) is 5.69 Å². The molecule has 0 radical (unpaired) electrons. The lowest BCUT2D eigenvalue weighted by molar-refractivity contribution is 0.0730. The van der Waals surface area contributed by atoms with E-state index in [-0.39, 0.29) is 4.90 Å². The molecule has 0 amide bonds. The van der Waals surface area contributed by atoms with Gasteiger partial charge in [-0.05, 0) is 55.3 Å². The van der Waals surface area contributed by atoms with Crippen LogP contribution in [-0.4, -0.2) is 62.1 Å². The number of hydrogen-bond acceptors (Lipinski definition) is 5. The van der Waals surface area contributed by atoms with E-state index in [2.05, 4.69) is 45.9 Å². The van der Waals surface area contributed by atoms with Gasteiger partial charge in [-0.15, -0.1) is 0 Å².